The molecular weight excluding hydrogens is 500 g/mol. The van der Waals surface area contributed by atoms with Crippen LogP contribution in [0.5, 0.6) is 5.75 Å². The number of carbonyl (C=O) groups is 3. The van der Waals surface area contributed by atoms with Gasteiger partial charge in [-0.05, 0) is 57.9 Å². The number of aliphatic carboxylic acids is 1. The number of carboxylic acid groups (broad SMARTS) is 1. The highest BCUT2D eigenvalue weighted by atomic mass is 16.6. The van der Waals surface area contributed by atoms with Gasteiger partial charge in [0.1, 0.15) is 23.6 Å². The molecule has 38 heavy (non-hydrogen) atoms. The van der Waals surface area contributed by atoms with Crippen LogP contribution >= 0.6 is 0 Å². The van der Waals surface area contributed by atoms with Gasteiger partial charge in [0, 0.05) is 24.9 Å². The highest BCUT2D eigenvalue weighted by Crippen LogP contribution is 2.35. The lowest BCUT2D eigenvalue weighted by Gasteiger charge is -2.47. The molecule has 0 saturated carbocycles. The van der Waals surface area contributed by atoms with Gasteiger partial charge >= 0.3 is 12.1 Å². The van der Waals surface area contributed by atoms with Crippen molar-refractivity contribution < 1.29 is 49.4 Å². The monoisotopic (exact) mass is 538 g/mol. The Hall–Kier alpha value is -3.19. The van der Waals surface area contributed by atoms with Crippen molar-refractivity contribution in [1.82, 2.24) is 10.6 Å². The van der Waals surface area contributed by atoms with Crippen LogP contribution in [0.1, 0.15) is 55.1 Å². The van der Waals surface area contributed by atoms with E-state index in [1.807, 2.05) is 0 Å². The number of phenolic OH excluding ortho intramolecular Hbond substituents is 1. The molecule has 6 atom stereocenters. The summed E-state index contributed by atoms with van der Waals surface area (Å²) in [5.41, 5.74) is -1.71. The zero-order valence-electron chi connectivity index (χ0n) is 22.2. The average Bonchev–Trinajstić information content (AvgIpc) is 2.80. The number of alkyl carbamates (subject to hydrolysis) is 1. The van der Waals surface area contributed by atoms with Crippen molar-refractivity contribution in [3.05, 3.63) is 41.5 Å². The Morgan fingerprint density at radius 2 is 1.82 bits per heavy atom. The first-order valence-corrected chi connectivity index (χ1v) is 12.2. The van der Waals surface area contributed by atoms with Crippen LogP contribution in [0, 0.1) is 13.8 Å². The number of benzene rings is 1. The summed E-state index contributed by atoms with van der Waals surface area (Å²) in [5, 5.41) is 57.2. The number of rotatable bonds is 9. The van der Waals surface area contributed by atoms with E-state index >= 15 is 0 Å². The number of carboxylic acids is 1. The van der Waals surface area contributed by atoms with Crippen LogP contribution in [0.25, 0.3) is 0 Å². The number of aliphatic hydroxyl groups is 3. The van der Waals surface area contributed by atoms with Gasteiger partial charge in [0.25, 0.3) is 5.91 Å². The Bertz CT molecular complexity index is 1030. The minimum absolute atomic E-state index is 0.0509. The highest BCUT2D eigenvalue weighted by molar-refractivity contribution is 5.94. The molecule has 1 aliphatic rings. The van der Waals surface area contributed by atoms with Crippen LogP contribution in [0.2, 0.25) is 0 Å². The first-order chi connectivity index (χ1) is 17.5. The summed E-state index contributed by atoms with van der Waals surface area (Å²) in [4.78, 5) is 37.2. The number of nitrogens with one attached hydrogen (secondary N) is 2. The SMILES string of the molecule is C=CCC1(C(=O)O)CC(O)C(NC(=O)OC(C)(C)C)[C@H]([C@H](O)[C@H](O)CNC(=O)c2cc(C)c(O)c(C)c2)O1. The number of carbonyl (C=O) groups excluding carboxylic acids is 2. The number of aryl methyl sites for hydroxylation is 2. The quantitative estimate of drug-likeness (QED) is 0.222. The van der Waals surface area contributed by atoms with Crippen molar-refractivity contribution in [3.8, 4) is 5.75 Å². The zero-order chi connectivity index (χ0) is 29.0. The fourth-order valence-electron chi connectivity index (χ4n) is 4.29. The Balaban J connectivity index is 2.26. The molecule has 1 aliphatic heterocycles. The second kappa shape index (κ2) is 12.1. The smallest absolute Gasteiger partial charge is 0.408 e. The summed E-state index contributed by atoms with van der Waals surface area (Å²) in [6.07, 6.45) is -6.98. The summed E-state index contributed by atoms with van der Waals surface area (Å²) >= 11 is 0. The first kappa shape index (κ1) is 31.0. The van der Waals surface area contributed by atoms with E-state index in [1.54, 1.807) is 34.6 Å². The van der Waals surface area contributed by atoms with Gasteiger partial charge in [-0.3, -0.25) is 4.79 Å². The third kappa shape index (κ3) is 7.44. The van der Waals surface area contributed by atoms with Gasteiger partial charge in [-0.25, -0.2) is 9.59 Å². The topological polar surface area (TPSA) is 195 Å². The maximum Gasteiger partial charge on any atom is 0.408 e. The van der Waals surface area contributed by atoms with E-state index in [1.165, 1.54) is 18.2 Å². The Labute approximate surface area is 221 Å². The largest absolute Gasteiger partial charge is 0.507 e. The minimum Gasteiger partial charge on any atom is -0.507 e. The van der Waals surface area contributed by atoms with Gasteiger partial charge < -0.3 is 45.6 Å². The molecule has 0 radical (unpaired) electrons. The average molecular weight is 539 g/mol. The minimum atomic E-state index is -1.98. The predicted octanol–water partition coefficient (Wildman–Crippen LogP) is 0.903. The maximum absolute atomic E-state index is 12.6. The van der Waals surface area contributed by atoms with E-state index in [2.05, 4.69) is 17.2 Å². The molecule has 0 aromatic heterocycles. The van der Waals surface area contributed by atoms with Crippen molar-refractivity contribution >= 4 is 18.0 Å². The molecule has 2 rings (SSSR count). The standard InChI is InChI=1S/C26H38N2O10/c1-7-8-26(23(34)35)11-16(29)18(28-24(36)38-25(4,5)6)21(37-26)20(32)17(30)12-27-22(33)15-9-13(2)19(31)14(3)10-15/h7,9-10,16-18,20-21,29-32H,1,8,11-12H2,2-6H3,(H,27,33)(H,28,36)(H,34,35)/t16?,17-,18?,20-,21-,26?/m1/s1. The Morgan fingerprint density at radius 3 is 2.32 bits per heavy atom. The lowest BCUT2D eigenvalue weighted by atomic mass is 9.82. The van der Waals surface area contributed by atoms with E-state index in [4.69, 9.17) is 9.47 Å². The molecule has 0 bridgehead atoms. The molecule has 1 aromatic carbocycles. The molecule has 1 heterocycles. The van der Waals surface area contributed by atoms with Gasteiger partial charge in [0.15, 0.2) is 5.60 Å². The summed E-state index contributed by atoms with van der Waals surface area (Å²) in [7, 11) is 0. The molecule has 212 valence electrons. The number of aliphatic hydroxyl groups excluding tert-OH is 3. The molecule has 1 fully saturated rings. The van der Waals surface area contributed by atoms with Gasteiger partial charge in [0.2, 0.25) is 0 Å². The second-order valence-corrected chi connectivity index (χ2v) is 10.5. The van der Waals surface area contributed by atoms with E-state index in [0.717, 1.165) is 0 Å². The van der Waals surface area contributed by atoms with Gasteiger partial charge in [0.05, 0.1) is 18.2 Å². The van der Waals surface area contributed by atoms with Crippen molar-refractivity contribution in [2.75, 3.05) is 6.54 Å². The summed E-state index contributed by atoms with van der Waals surface area (Å²) in [5.74, 6) is -1.97. The van der Waals surface area contributed by atoms with Gasteiger partial charge in [-0.15, -0.1) is 6.58 Å². The van der Waals surface area contributed by atoms with E-state index < -0.39 is 72.6 Å². The van der Waals surface area contributed by atoms with Crippen LogP contribution in [-0.2, 0) is 14.3 Å². The van der Waals surface area contributed by atoms with Crippen LogP contribution in [0.15, 0.2) is 24.8 Å². The molecular formula is C26H38N2O10. The molecule has 12 heteroatoms. The molecule has 12 nitrogen and oxygen atoms in total. The lowest BCUT2D eigenvalue weighted by Crippen LogP contribution is -2.67. The normalized spacial score (nSPS) is 25.1. The van der Waals surface area contributed by atoms with Crippen LogP contribution in [0.3, 0.4) is 0 Å². The molecule has 7 N–H and O–H groups in total. The Morgan fingerprint density at radius 1 is 1.24 bits per heavy atom. The van der Waals surface area contributed by atoms with Crippen LogP contribution in [-0.4, -0.2) is 91.7 Å². The molecule has 0 spiro atoms. The second-order valence-electron chi connectivity index (χ2n) is 10.5. The third-order valence-corrected chi connectivity index (χ3v) is 6.17. The van der Waals surface area contributed by atoms with Crippen molar-refractivity contribution in [3.63, 3.8) is 0 Å². The molecule has 3 unspecified atom stereocenters. The molecule has 1 aromatic rings. The third-order valence-electron chi connectivity index (χ3n) is 6.17. The number of hydrogen-bond acceptors (Lipinski definition) is 9. The van der Waals surface area contributed by atoms with Crippen molar-refractivity contribution in [2.45, 2.75) is 89.1 Å². The number of hydrogen-bond donors (Lipinski definition) is 7. The van der Waals surface area contributed by atoms with Gasteiger partial charge in [-0.1, -0.05) is 6.08 Å². The molecule has 0 aliphatic carbocycles. The molecule has 1 saturated heterocycles. The predicted molar refractivity (Wildman–Crippen MR) is 136 cm³/mol. The van der Waals surface area contributed by atoms with Crippen molar-refractivity contribution in [1.29, 1.82) is 0 Å². The number of phenols is 1. The molecule has 2 amide bonds. The van der Waals surface area contributed by atoms with Crippen LogP contribution in [0.4, 0.5) is 4.79 Å². The zero-order valence-corrected chi connectivity index (χ0v) is 22.2. The van der Waals surface area contributed by atoms with Crippen LogP contribution < -0.4 is 10.6 Å². The fraction of sp³-hybridized carbons (Fsp3) is 0.577. The first-order valence-electron chi connectivity index (χ1n) is 12.2. The summed E-state index contributed by atoms with van der Waals surface area (Å²) in [6, 6.07) is 1.56. The number of amides is 2. The maximum atomic E-state index is 12.6. The fourth-order valence-corrected chi connectivity index (χ4v) is 4.29. The van der Waals surface area contributed by atoms with E-state index in [9.17, 15) is 39.9 Å². The van der Waals surface area contributed by atoms with Gasteiger partial charge in [-0.2, -0.15) is 0 Å². The van der Waals surface area contributed by atoms with E-state index in [-0.39, 0.29) is 17.7 Å². The lowest BCUT2D eigenvalue weighted by molar-refractivity contribution is -0.226. The number of aromatic hydroxyl groups is 1. The summed E-state index contributed by atoms with van der Waals surface area (Å²) < 4.78 is 11.0. The van der Waals surface area contributed by atoms with E-state index in [0.29, 0.717) is 11.1 Å². The van der Waals surface area contributed by atoms with Crippen molar-refractivity contribution in [2.24, 2.45) is 0 Å². The Kier molecular flexibility index (Phi) is 9.89. The summed E-state index contributed by atoms with van der Waals surface area (Å²) in [6.45, 7) is 11.2. The number of ether oxygens (including phenoxy) is 2. The highest BCUT2D eigenvalue weighted by Gasteiger charge is 2.54.